The molecule has 0 radical (unpaired) electrons. The summed E-state index contributed by atoms with van der Waals surface area (Å²) in [5.74, 6) is 0.0231. The zero-order chi connectivity index (χ0) is 13.8. The summed E-state index contributed by atoms with van der Waals surface area (Å²) in [6.45, 7) is 6.28. The van der Waals surface area contributed by atoms with Gasteiger partial charge >= 0.3 is 0 Å². The molecule has 1 heterocycles. The molecule has 104 valence electrons. The van der Waals surface area contributed by atoms with Gasteiger partial charge in [-0.15, -0.1) is 0 Å². The monoisotopic (exact) mass is 281 g/mol. The normalized spacial score (nSPS) is 17.4. The van der Waals surface area contributed by atoms with E-state index in [0.29, 0.717) is 11.6 Å². The van der Waals surface area contributed by atoms with Gasteiger partial charge in [-0.3, -0.25) is 9.69 Å². The Labute approximate surface area is 119 Å². The summed E-state index contributed by atoms with van der Waals surface area (Å²) < 4.78 is 0. The maximum Gasteiger partial charge on any atom is 0.238 e. The fourth-order valence-electron chi connectivity index (χ4n) is 2.14. The molecule has 1 aromatic rings. The molecule has 0 unspecified atom stereocenters. The predicted molar refractivity (Wildman–Crippen MR) is 78.8 cm³/mol. The summed E-state index contributed by atoms with van der Waals surface area (Å²) in [5.41, 5.74) is 1.71. The van der Waals surface area contributed by atoms with Crippen LogP contribution in [-0.2, 0) is 4.79 Å². The van der Waals surface area contributed by atoms with Crippen molar-refractivity contribution in [2.45, 2.75) is 6.92 Å². The van der Waals surface area contributed by atoms with E-state index in [1.807, 2.05) is 25.1 Å². The highest BCUT2D eigenvalue weighted by Gasteiger charge is 2.16. The van der Waals surface area contributed by atoms with Gasteiger partial charge in [0.25, 0.3) is 0 Å². The first-order chi connectivity index (χ1) is 9.06. The van der Waals surface area contributed by atoms with Gasteiger partial charge in [0.2, 0.25) is 5.91 Å². The van der Waals surface area contributed by atoms with Crippen molar-refractivity contribution < 1.29 is 4.79 Å². The lowest BCUT2D eigenvalue weighted by molar-refractivity contribution is -0.117. The SMILES string of the molecule is Cc1c(Cl)cccc1NC(=O)CN1CCN(C)CC1. The molecule has 0 aliphatic carbocycles. The van der Waals surface area contributed by atoms with E-state index in [9.17, 15) is 4.79 Å². The van der Waals surface area contributed by atoms with Crippen molar-refractivity contribution in [1.82, 2.24) is 9.80 Å². The number of carbonyl (C=O) groups excluding carboxylic acids is 1. The minimum atomic E-state index is 0.0231. The standard InChI is InChI=1S/C14H20ClN3O/c1-11-12(15)4-3-5-13(11)16-14(19)10-18-8-6-17(2)7-9-18/h3-5H,6-10H2,1-2H3,(H,16,19). The molecule has 4 nitrogen and oxygen atoms in total. The van der Waals surface area contributed by atoms with Gasteiger partial charge < -0.3 is 10.2 Å². The van der Waals surface area contributed by atoms with Crippen LogP contribution in [0.2, 0.25) is 5.02 Å². The zero-order valence-electron chi connectivity index (χ0n) is 11.4. The van der Waals surface area contributed by atoms with E-state index >= 15 is 0 Å². The summed E-state index contributed by atoms with van der Waals surface area (Å²) in [7, 11) is 2.10. The Morgan fingerprint density at radius 1 is 1.32 bits per heavy atom. The van der Waals surface area contributed by atoms with Crippen molar-refractivity contribution in [3.63, 3.8) is 0 Å². The Morgan fingerprint density at radius 3 is 2.68 bits per heavy atom. The molecule has 1 saturated heterocycles. The number of hydrogen-bond donors (Lipinski definition) is 1. The summed E-state index contributed by atoms with van der Waals surface area (Å²) in [6.07, 6.45) is 0. The van der Waals surface area contributed by atoms with E-state index in [4.69, 9.17) is 11.6 Å². The Balaban J connectivity index is 1.89. The topological polar surface area (TPSA) is 35.6 Å². The molecule has 1 N–H and O–H groups in total. The Hall–Kier alpha value is -1.10. The van der Waals surface area contributed by atoms with Crippen LogP contribution >= 0.6 is 11.6 Å². The number of amides is 1. The maximum absolute atomic E-state index is 12.0. The molecule has 0 atom stereocenters. The number of carbonyl (C=O) groups is 1. The fraction of sp³-hybridized carbons (Fsp3) is 0.500. The number of halogens is 1. The van der Waals surface area contributed by atoms with Gasteiger partial charge in [-0.05, 0) is 31.7 Å². The van der Waals surface area contributed by atoms with Crippen molar-refractivity contribution in [2.75, 3.05) is 45.1 Å². The smallest absolute Gasteiger partial charge is 0.238 e. The third-order valence-corrected chi connectivity index (χ3v) is 3.91. The number of likely N-dealkylation sites (N-methyl/N-ethyl adjacent to an activating group) is 1. The molecule has 0 bridgehead atoms. The number of rotatable bonds is 3. The van der Waals surface area contributed by atoms with Crippen molar-refractivity contribution in [3.05, 3.63) is 28.8 Å². The summed E-state index contributed by atoms with van der Waals surface area (Å²) >= 11 is 6.04. The molecule has 1 amide bonds. The molecule has 2 rings (SSSR count). The molecule has 1 aromatic carbocycles. The van der Waals surface area contributed by atoms with Gasteiger partial charge in [-0.2, -0.15) is 0 Å². The van der Waals surface area contributed by atoms with Crippen LogP contribution < -0.4 is 5.32 Å². The van der Waals surface area contributed by atoms with E-state index in [-0.39, 0.29) is 5.91 Å². The van der Waals surface area contributed by atoms with Crippen LogP contribution in [0.4, 0.5) is 5.69 Å². The Kier molecular flexibility index (Phi) is 4.80. The van der Waals surface area contributed by atoms with Gasteiger partial charge in [0, 0.05) is 36.9 Å². The van der Waals surface area contributed by atoms with Crippen LogP contribution in [-0.4, -0.2) is 55.5 Å². The quantitative estimate of drug-likeness (QED) is 0.918. The first-order valence-electron chi connectivity index (χ1n) is 6.52. The van der Waals surface area contributed by atoms with Crippen molar-refractivity contribution in [2.24, 2.45) is 0 Å². The molecule has 5 heteroatoms. The van der Waals surface area contributed by atoms with Gasteiger partial charge in [-0.1, -0.05) is 17.7 Å². The van der Waals surface area contributed by atoms with Crippen LogP contribution in [0.1, 0.15) is 5.56 Å². The Bertz CT molecular complexity index is 456. The average Bonchev–Trinajstić information content (AvgIpc) is 2.38. The molecule has 19 heavy (non-hydrogen) atoms. The van der Waals surface area contributed by atoms with Crippen LogP contribution in [0.3, 0.4) is 0 Å². The highest BCUT2D eigenvalue weighted by atomic mass is 35.5. The van der Waals surface area contributed by atoms with Gasteiger partial charge in [0.15, 0.2) is 0 Å². The molecule has 0 aromatic heterocycles. The van der Waals surface area contributed by atoms with Gasteiger partial charge in [0.1, 0.15) is 0 Å². The highest BCUT2D eigenvalue weighted by Crippen LogP contribution is 2.22. The number of nitrogens with one attached hydrogen (secondary N) is 1. The molecule has 0 saturated carbocycles. The van der Waals surface area contributed by atoms with Crippen molar-refractivity contribution in [1.29, 1.82) is 0 Å². The van der Waals surface area contributed by atoms with E-state index in [0.717, 1.165) is 37.4 Å². The number of anilines is 1. The maximum atomic E-state index is 12.0. The van der Waals surface area contributed by atoms with Crippen LogP contribution in [0, 0.1) is 6.92 Å². The molecule has 1 aliphatic heterocycles. The fourth-order valence-corrected chi connectivity index (χ4v) is 2.32. The lowest BCUT2D eigenvalue weighted by atomic mass is 10.2. The van der Waals surface area contributed by atoms with E-state index in [1.54, 1.807) is 0 Å². The number of nitrogens with zero attached hydrogens (tertiary/aromatic N) is 2. The zero-order valence-corrected chi connectivity index (χ0v) is 12.2. The highest BCUT2D eigenvalue weighted by molar-refractivity contribution is 6.31. The largest absolute Gasteiger partial charge is 0.325 e. The molecule has 1 fully saturated rings. The number of hydrogen-bond acceptors (Lipinski definition) is 3. The minimum Gasteiger partial charge on any atom is -0.325 e. The summed E-state index contributed by atoms with van der Waals surface area (Å²) in [5, 5.41) is 3.61. The van der Waals surface area contributed by atoms with Crippen LogP contribution in [0.25, 0.3) is 0 Å². The Morgan fingerprint density at radius 2 is 2.00 bits per heavy atom. The lowest BCUT2D eigenvalue weighted by Gasteiger charge is -2.31. The second-order valence-corrected chi connectivity index (χ2v) is 5.45. The van der Waals surface area contributed by atoms with Crippen LogP contribution in [0.15, 0.2) is 18.2 Å². The molecular formula is C14H20ClN3O. The molecular weight excluding hydrogens is 262 g/mol. The molecule has 1 aliphatic rings. The lowest BCUT2D eigenvalue weighted by Crippen LogP contribution is -2.47. The average molecular weight is 282 g/mol. The predicted octanol–water partition coefficient (Wildman–Crippen LogP) is 1.83. The van der Waals surface area contributed by atoms with Crippen LogP contribution in [0.5, 0.6) is 0 Å². The van der Waals surface area contributed by atoms with Gasteiger partial charge in [0.05, 0.1) is 6.54 Å². The van der Waals surface area contributed by atoms with Gasteiger partial charge in [-0.25, -0.2) is 0 Å². The van der Waals surface area contributed by atoms with E-state index < -0.39 is 0 Å². The second-order valence-electron chi connectivity index (χ2n) is 5.04. The summed E-state index contributed by atoms with van der Waals surface area (Å²) in [4.78, 5) is 16.5. The number of piperazine rings is 1. The third-order valence-electron chi connectivity index (χ3n) is 3.50. The third kappa shape index (κ3) is 3.93. The summed E-state index contributed by atoms with van der Waals surface area (Å²) in [6, 6.07) is 5.55. The first-order valence-corrected chi connectivity index (χ1v) is 6.90. The number of benzene rings is 1. The van der Waals surface area contributed by atoms with E-state index in [2.05, 4.69) is 22.2 Å². The minimum absolute atomic E-state index is 0.0231. The first kappa shape index (κ1) is 14.3. The van der Waals surface area contributed by atoms with Crippen molar-refractivity contribution >= 4 is 23.2 Å². The van der Waals surface area contributed by atoms with Crippen molar-refractivity contribution in [3.8, 4) is 0 Å². The van der Waals surface area contributed by atoms with E-state index in [1.165, 1.54) is 0 Å². The molecule has 0 spiro atoms. The second kappa shape index (κ2) is 6.37.